The molecular weight excluding hydrogens is 304 g/mol. The van der Waals surface area contributed by atoms with Crippen LogP contribution >= 0.6 is 0 Å². The van der Waals surface area contributed by atoms with Gasteiger partial charge in [0.2, 0.25) is 0 Å². The van der Waals surface area contributed by atoms with E-state index in [1.807, 2.05) is 37.3 Å². The quantitative estimate of drug-likeness (QED) is 0.782. The van der Waals surface area contributed by atoms with Gasteiger partial charge in [-0.05, 0) is 36.5 Å². The molecule has 126 valence electrons. The number of carbonyl (C=O) groups excluding carboxylic acids is 1. The number of hydrogen-bond acceptors (Lipinski definition) is 3. The minimum absolute atomic E-state index is 0.0226. The molecule has 1 heterocycles. The van der Waals surface area contributed by atoms with E-state index in [1.165, 1.54) is 0 Å². The van der Waals surface area contributed by atoms with Gasteiger partial charge in [-0.3, -0.25) is 14.6 Å². The molecule has 1 atom stereocenters. The number of aromatic nitrogens is 1. The van der Waals surface area contributed by atoms with E-state index in [4.69, 9.17) is 5.11 Å². The number of nitrogens with one attached hydrogen (secondary N) is 1. The van der Waals surface area contributed by atoms with Gasteiger partial charge in [0, 0.05) is 30.4 Å². The number of aryl methyl sites for hydroxylation is 1. The maximum Gasteiger partial charge on any atom is 0.303 e. The predicted octanol–water partition coefficient (Wildman–Crippen LogP) is 2.85. The van der Waals surface area contributed by atoms with Crippen molar-refractivity contribution < 1.29 is 14.7 Å². The molecule has 5 heteroatoms. The lowest BCUT2D eigenvalue weighted by atomic mass is 10.0. The molecule has 1 aromatic carbocycles. The second-order valence-electron chi connectivity index (χ2n) is 5.68. The number of aliphatic carboxylic acids is 1. The van der Waals surface area contributed by atoms with E-state index in [0.29, 0.717) is 18.4 Å². The van der Waals surface area contributed by atoms with E-state index < -0.39 is 5.97 Å². The molecule has 0 aliphatic heterocycles. The third-order valence-electron chi connectivity index (χ3n) is 3.90. The molecule has 1 unspecified atom stereocenters. The average molecular weight is 326 g/mol. The van der Waals surface area contributed by atoms with Crippen LogP contribution < -0.4 is 5.32 Å². The Morgan fingerprint density at radius 3 is 2.62 bits per heavy atom. The van der Waals surface area contributed by atoms with Crippen molar-refractivity contribution in [3.05, 3.63) is 65.5 Å². The van der Waals surface area contributed by atoms with Crippen molar-refractivity contribution >= 4 is 11.9 Å². The Morgan fingerprint density at radius 1 is 1.21 bits per heavy atom. The normalized spacial score (nSPS) is 11.7. The van der Waals surface area contributed by atoms with Crippen LogP contribution in [0.25, 0.3) is 0 Å². The Bertz CT molecular complexity index is 686. The summed E-state index contributed by atoms with van der Waals surface area (Å²) in [7, 11) is 0. The summed E-state index contributed by atoms with van der Waals surface area (Å²) in [5.41, 5.74) is 2.55. The maximum absolute atomic E-state index is 12.6. The molecule has 0 saturated heterocycles. The van der Waals surface area contributed by atoms with Crippen LogP contribution in [0.3, 0.4) is 0 Å². The van der Waals surface area contributed by atoms with Gasteiger partial charge in [-0.1, -0.05) is 37.3 Å². The topological polar surface area (TPSA) is 79.3 Å². The van der Waals surface area contributed by atoms with Crippen LogP contribution in [-0.4, -0.2) is 28.0 Å². The molecule has 2 N–H and O–H groups in total. The highest BCUT2D eigenvalue weighted by molar-refractivity contribution is 5.95. The molecule has 24 heavy (non-hydrogen) atoms. The lowest BCUT2D eigenvalue weighted by Gasteiger charge is -2.19. The number of pyridine rings is 1. The molecule has 2 aromatic rings. The van der Waals surface area contributed by atoms with Crippen molar-refractivity contribution in [1.82, 2.24) is 10.3 Å². The summed E-state index contributed by atoms with van der Waals surface area (Å²) < 4.78 is 0. The molecule has 0 radical (unpaired) electrons. The Balaban J connectivity index is 2.11. The van der Waals surface area contributed by atoms with Crippen molar-refractivity contribution in [1.29, 1.82) is 0 Å². The van der Waals surface area contributed by atoms with Gasteiger partial charge in [-0.25, -0.2) is 0 Å². The molecule has 0 spiro atoms. The van der Waals surface area contributed by atoms with Crippen LogP contribution in [0, 0.1) is 0 Å². The molecule has 1 amide bonds. The van der Waals surface area contributed by atoms with E-state index in [2.05, 4.69) is 10.3 Å². The standard InChI is InChI=1S/C19H22N2O3/c1-2-15-13-20-11-10-17(15)19(24)21-16(8-9-18(22)23)12-14-6-4-3-5-7-14/h3-7,10-11,13,16H,2,8-9,12H2,1H3,(H,21,24)(H,22,23). The highest BCUT2D eigenvalue weighted by atomic mass is 16.4. The van der Waals surface area contributed by atoms with Crippen LogP contribution in [0.15, 0.2) is 48.8 Å². The molecule has 0 aliphatic rings. The van der Waals surface area contributed by atoms with Crippen LogP contribution in [0.4, 0.5) is 0 Å². The van der Waals surface area contributed by atoms with Crippen LogP contribution in [-0.2, 0) is 17.6 Å². The number of rotatable bonds is 8. The van der Waals surface area contributed by atoms with E-state index in [0.717, 1.165) is 17.5 Å². The molecule has 2 rings (SSSR count). The summed E-state index contributed by atoms with van der Waals surface area (Å²) in [4.78, 5) is 27.5. The molecule has 5 nitrogen and oxygen atoms in total. The zero-order chi connectivity index (χ0) is 17.4. The molecule has 0 fully saturated rings. The number of nitrogens with zero attached hydrogens (tertiary/aromatic N) is 1. The second kappa shape index (κ2) is 8.82. The fourth-order valence-corrected chi connectivity index (χ4v) is 2.62. The minimum atomic E-state index is -0.861. The number of carbonyl (C=O) groups is 2. The first kappa shape index (κ1) is 17.7. The third kappa shape index (κ3) is 5.19. The van der Waals surface area contributed by atoms with Crippen molar-refractivity contribution in [2.24, 2.45) is 0 Å². The molecule has 0 bridgehead atoms. The van der Waals surface area contributed by atoms with Gasteiger partial charge >= 0.3 is 5.97 Å². The van der Waals surface area contributed by atoms with Crippen LogP contribution in [0.2, 0.25) is 0 Å². The Hall–Kier alpha value is -2.69. The zero-order valence-corrected chi connectivity index (χ0v) is 13.7. The average Bonchev–Trinajstić information content (AvgIpc) is 2.60. The van der Waals surface area contributed by atoms with Crippen molar-refractivity contribution in [2.45, 2.75) is 38.6 Å². The van der Waals surface area contributed by atoms with Gasteiger partial charge in [0.05, 0.1) is 0 Å². The third-order valence-corrected chi connectivity index (χ3v) is 3.90. The fraction of sp³-hybridized carbons (Fsp3) is 0.316. The first-order chi connectivity index (χ1) is 11.6. The summed E-state index contributed by atoms with van der Waals surface area (Å²) >= 11 is 0. The smallest absolute Gasteiger partial charge is 0.303 e. The fourth-order valence-electron chi connectivity index (χ4n) is 2.62. The van der Waals surface area contributed by atoms with Gasteiger partial charge in [-0.15, -0.1) is 0 Å². The number of benzene rings is 1. The first-order valence-corrected chi connectivity index (χ1v) is 8.09. The highest BCUT2D eigenvalue weighted by Crippen LogP contribution is 2.12. The largest absolute Gasteiger partial charge is 0.481 e. The molecule has 1 aromatic heterocycles. The van der Waals surface area contributed by atoms with Crippen LogP contribution in [0.1, 0.15) is 41.3 Å². The van der Waals surface area contributed by atoms with Gasteiger partial charge < -0.3 is 10.4 Å². The molecular formula is C19H22N2O3. The van der Waals surface area contributed by atoms with E-state index >= 15 is 0 Å². The zero-order valence-electron chi connectivity index (χ0n) is 13.7. The Kier molecular flexibility index (Phi) is 6.49. The maximum atomic E-state index is 12.6. The van der Waals surface area contributed by atoms with E-state index in [1.54, 1.807) is 18.5 Å². The predicted molar refractivity (Wildman–Crippen MR) is 91.9 cm³/mol. The van der Waals surface area contributed by atoms with Crippen LogP contribution in [0.5, 0.6) is 0 Å². The van der Waals surface area contributed by atoms with E-state index in [-0.39, 0.29) is 18.4 Å². The molecule has 0 aliphatic carbocycles. The van der Waals surface area contributed by atoms with Crippen molar-refractivity contribution in [2.75, 3.05) is 0 Å². The SMILES string of the molecule is CCc1cnccc1C(=O)NC(CCC(=O)O)Cc1ccccc1. The second-order valence-corrected chi connectivity index (χ2v) is 5.68. The van der Waals surface area contributed by atoms with Crippen molar-refractivity contribution in [3.63, 3.8) is 0 Å². The number of amides is 1. The highest BCUT2D eigenvalue weighted by Gasteiger charge is 2.17. The summed E-state index contributed by atoms with van der Waals surface area (Å²) in [5.74, 6) is -1.04. The Morgan fingerprint density at radius 2 is 1.96 bits per heavy atom. The first-order valence-electron chi connectivity index (χ1n) is 8.09. The number of carboxylic acid groups (broad SMARTS) is 1. The minimum Gasteiger partial charge on any atom is -0.481 e. The summed E-state index contributed by atoms with van der Waals surface area (Å²) in [6.07, 6.45) is 5.02. The van der Waals surface area contributed by atoms with E-state index in [9.17, 15) is 9.59 Å². The number of carboxylic acids is 1. The van der Waals surface area contributed by atoms with Crippen molar-refractivity contribution in [3.8, 4) is 0 Å². The monoisotopic (exact) mass is 326 g/mol. The number of hydrogen-bond donors (Lipinski definition) is 2. The summed E-state index contributed by atoms with van der Waals surface area (Å²) in [6, 6.07) is 11.2. The van der Waals surface area contributed by atoms with Gasteiger partial charge in [-0.2, -0.15) is 0 Å². The van der Waals surface area contributed by atoms with Gasteiger partial charge in [0.25, 0.3) is 5.91 Å². The summed E-state index contributed by atoms with van der Waals surface area (Å²) in [5, 5.41) is 11.9. The lowest BCUT2D eigenvalue weighted by Crippen LogP contribution is -2.37. The molecule has 0 saturated carbocycles. The summed E-state index contributed by atoms with van der Waals surface area (Å²) in [6.45, 7) is 1.97. The van der Waals surface area contributed by atoms with Gasteiger partial charge in [0.15, 0.2) is 0 Å². The lowest BCUT2D eigenvalue weighted by molar-refractivity contribution is -0.137. The Labute approximate surface area is 141 Å². The van der Waals surface area contributed by atoms with Gasteiger partial charge in [0.1, 0.15) is 0 Å².